The van der Waals surface area contributed by atoms with Gasteiger partial charge in [0.05, 0.1) is 11.0 Å². The van der Waals surface area contributed by atoms with Gasteiger partial charge in [0, 0.05) is 11.6 Å². The third kappa shape index (κ3) is 3.31. The van der Waals surface area contributed by atoms with Crippen LogP contribution in [0.1, 0.15) is 5.82 Å². The lowest BCUT2D eigenvalue weighted by molar-refractivity contribution is -0.385. The first-order valence-corrected chi connectivity index (χ1v) is 6.58. The lowest BCUT2D eigenvalue weighted by Gasteiger charge is -2.03. The highest BCUT2D eigenvalue weighted by atomic mass is 19.1. The first-order chi connectivity index (χ1) is 11.1. The number of benzene rings is 2. The molecule has 0 amide bonds. The average molecular weight is 315 g/mol. The molecular formula is C15H10FN3O4. The number of nitrogens with zero attached hydrogens (tertiary/aromatic N) is 3. The summed E-state index contributed by atoms with van der Waals surface area (Å²) in [5.41, 5.74) is 0.411. The van der Waals surface area contributed by atoms with E-state index in [-0.39, 0.29) is 23.9 Å². The van der Waals surface area contributed by atoms with E-state index < -0.39 is 10.7 Å². The molecule has 7 nitrogen and oxygen atoms in total. The van der Waals surface area contributed by atoms with Gasteiger partial charge in [0.15, 0.2) is 18.2 Å². The number of rotatable bonds is 5. The molecule has 0 spiro atoms. The summed E-state index contributed by atoms with van der Waals surface area (Å²) in [4.78, 5) is 14.0. The quantitative estimate of drug-likeness (QED) is 0.529. The van der Waals surface area contributed by atoms with E-state index in [0.29, 0.717) is 5.89 Å². The molecule has 1 heterocycles. The van der Waals surface area contributed by atoms with Gasteiger partial charge in [0.1, 0.15) is 0 Å². The van der Waals surface area contributed by atoms with Crippen LogP contribution in [0, 0.1) is 15.9 Å². The Morgan fingerprint density at radius 2 is 2.00 bits per heavy atom. The number of nitro groups is 1. The summed E-state index contributed by atoms with van der Waals surface area (Å²) in [5.74, 6) is -0.386. The van der Waals surface area contributed by atoms with Crippen LogP contribution in [0.3, 0.4) is 0 Å². The Balaban J connectivity index is 1.70. The summed E-state index contributed by atoms with van der Waals surface area (Å²) in [5, 5.41) is 14.3. The van der Waals surface area contributed by atoms with Crippen LogP contribution in [0.4, 0.5) is 10.1 Å². The van der Waals surface area contributed by atoms with E-state index in [4.69, 9.17) is 9.26 Å². The Bertz CT molecular complexity index is 836. The molecule has 0 aliphatic carbocycles. The molecule has 0 saturated heterocycles. The molecule has 3 rings (SSSR count). The number of non-ortho nitro benzene ring substituents is 1. The van der Waals surface area contributed by atoms with Crippen molar-refractivity contribution in [3.05, 3.63) is 70.3 Å². The van der Waals surface area contributed by atoms with E-state index in [0.717, 1.165) is 17.7 Å². The highest BCUT2D eigenvalue weighted by molar-refractivity contribution is 5.51. The molecule has 3 aromatic rings. The molecule has 0 atom stereocenters. The smallest absolute Gasteiger partial charge is 0.272 e. The zero-order valence-corrected chi connectivity index (χ0v) is 11.7. The van der Waals surface area contributed by atoms with Crippen molar-refractivity contribution in [2.45, 2.75) is 6.61 Å². The maximum Gasteiger partial charge on any atom is 0.272 e. The molecule has 1 aromatic heterocycles. The highest BCUT2D eigenvalue weighted by Gasteiger charge is 2.13. The fraction of sp³-hybridized carbons (Fsp3) is 0.0667. The number of aromatic nitrogens is 2. The van der Waals surface area contributed by atoms with Crippen molar-refractivity contribution in [1.82, 2.24) is 10.1 Å². The van der Waals surface area contributed by atoms with Gasteiger partial charge in [0.25, 0.3) is 11.6 Å². The number of ether oxygens (including phenoxy) is 1. The summed E-state index contributed by atoms with van der Waals surface area (Å²) in [6.45, 7) is -0.120. The van der Waals surface area contributed by atoms with Crippen molar-refractivity contribution in [3.8, 4) is 17.2 Å². The third-order valence-electron chi connectivity index (χ3n) is 2.97. The van der Waals surface area contributed by atoms with Crippen molar-refractivity contribution in [2.24, 2.45) is 0 Å². The van der Waals surface area contributed by atoms with Gasteiger partial charge in [-0.15, -0.1) is 0 Å². The molecule has 0 aliphatic heterocycles. The number of nitro benzene ring substituents is 1. The Hall–Kier alpha value is -3.29. The van der Waals surface area contributed by atoms with Gasteiger partial charge in [0.2, 0.25) is 5.82 Å². The van der Waals surface area contributed by atoms with Crippen molar-refractivity contribution >= 4 is 5.69 Å². The van der Waals surface area contributed by atoms with Crippen molar-refractivity contribution in [1.29, 1.82) is 0 Å². The standard InChI is InChI=1S/C15H10FN3O4/c16-12-8-11(19(20)21)6-7-13(12)22-9-14-17-15(23-18-14)10-4-2-1-3-5-10/h1-8H,9H2. The zero-order chi connectivity index (χ0) is 16.2. The first kappa shape index (κ1) is 14.6. The Morgan fingerprint density at radius 3 is 2.70 bits per heavy atom. The summed E-state index contributed by atoms with van der Waals surface area (Å²) in [6, 6.07) is 12.3. The maximum atomic E-state index is 13.7. The average Bonchev–Trinajstić information content (AvgIpc) is 3.03. The minimum atomic E-state index is -0.828. The van der Waals surface area contributed by atoms with Crippen LogP contribution in [-0.2, 0) is 6.61 Å². The van der Waals surface area contributed by atoms with Crippen LogP contribution < -0.4 is 4.74 Å². The number of hydrogen-bond acceptors (Lipinski definition) is 6. The number of hydrogen-bond donors (Lipinski definition) is 0. The predicted octanol–water partition coefficient (Wildman–Crippen LogP) is 3.36. The molecule has 0 fully saturated rings. The molecule has 0 N–H and O–H groups in total. The maximum absolute atomic E-state index is 13.7. The first-order valence-electron chi connectivity index (χ1n) is 6.58. The Kier molecular flexibility index (Phi) is 3.96. The van der Waals surface area contributed by atoms with E-state index in [1.807, 2.05) is 30.3 Å². The van der Waals surface area contributed by atoms with Crippen LogP contribution in [0.15, 0.2) is 53.1 Å². The molecule has 0 unspecified atom stereocenters. The Morgan fingerprint density at radius 1 is 1.22 bits per heavy atom. The lowest BCUT2D eigenvalue weighted by Crippen LogP contribution is -2.00. The fourth-order valence-corrected chi connectivity index (χ4v) is 1.87. The predicted molar refractivity (Wildman–Crippen MR) is 77.1 cm³/mol. The van der Waals surface area contributed by atoms with Gasteiger partial charge < -0.3 is 9.26 Å². The van der Waals surface area contributed by atoms with Gasteiger partial charge in [-0.1, -0.05) is 23.4 Å². The molecule has 23 heavy (non-hydrogen) atoms. The number of halogens is 1. The summed E-state index contributed by atoms with van der Waals surface area (Å²) >= 11 is 0. The Labute approximate surface area is 129 Å². The van der Waals surface area contributed by atoms with Gasteiger partial charge >= 0.3 is 0 Å². The summed E-state index contributed by atoms with van der Waals surface area (Å²) < 4.78 is 24.0. The van der Waals surface area contributed by atoms with E-state index in [1.165, 1.54) is 6.07 Å². The third-order valence-corrected chi connectivity index (χ3v) is 2.97. The van der Waals surface area contributed by atoms with Crippen LogP contribution >= 0.6 is 0 Å². The molecule has 116 valence electrons. The zero-order valence-electron chi connectivity index (χ0n) is 11.7. The minimum absolute atomic E-state index is 0.120. The second-order valence-corrected chi connectivity index (χ2v) is 4.54. The fourth-order valence-electron chi connectivity index (χ4n) is 1.87. The van der Waals surface area contributed by atoms with Crippen LogP contribution in [0.25, 0.3) is 11.5 Å². The minimum Gasteiger partial charge on any atom is -0.482 e. The molecule has 0 radical (unpaired) electrons. The van der Waals surface area contributed by atoms with E-state index in [9.17, 15) is 14.5 Å². The highest BCUT2D eigenvalue weighted by Crippen LogP contribution is 2.23. The largest absolute Gasteiger partial charge is 0.482 e. The molecule has 0 saturated carbocycles. The van der Waals surface area contributed by atoms with Gasteiger partial charge in [-0.3, -0.25) is 10.1 Å². The van der Waals surface area contributed by atoms with Gasteiger partial charge in [-0.2, -0.15) is 4.98 Å². The molecule has 2 aromatic carbocycles. The van der Waals surface area contributed by atoms with E-state index >= 15 is 0 Å². The second-order valence-electron chi connectivity index (χ2n) is 4.54. The summed E-state index contributed by atoms with van der Waals surface area (Å²) in [6.07, 6.45) is 0. The molecule has 0 bridgehead atoms. The summed E-state index contributed by atoms with van der Waals surface area (Å²) in [7, 11) is 0. The second kappa shape index (κ2) is 6.22. The van der Waals surface area contributed by atoms with Crippen LogP contribution in [0.5, 0.6) is 5.75 Å². The molecule has 8 heteroatoms. The lowest BCUT2D eigenvalue weighted by atomic mass is 10.2. The van der Waals surface area contributed by atoms with Crippen LogP contribution in [0.2, 0.25) is 0 Å². The normalized spacial score (nSPS) is 10.5. The topological polar surface area (TPSA) is 91.3 Å². The van der Waals surface area contributed by atoms with Crippen LogP contribution in [-0.4, -0.2) is 15.1 Å². The molecule has 0 aliphatic rings. The van der Waals surface area contributed by atoms with E-state index in [2.05, 4.69) is 10.1 Å². The van der Waals surface area contributed by atoms with Gasteiger partial charge in [-0.25, -0.2) is 4.39 Å². The SMILES string of the molecule is O=[N+]([O-])c1ccc(OCc2noc(-c3ccccc3)n2)c(F)c1. The molecular weight excluding hydrogens is 305 g/mol. The van der Waals surface area contributed by atoms with Gasteiger partial charge in [-0.05, 0) is 18.2 Å². The van der Waals surface area contributed by atoms with Crippen molar-refractivity contribution < 1.29 is 18.6 Å². The monoisotopic (exact) mass is 315 g/mol. The van der Waals surface area contributed by atoms with E-state index in [1.54, 1.807) is 0 Å². The van der Waals surface area contributed by atoms with Crippen molar-refractivity contribution in [3.63, 3.8) is 0 Å². The van der Waals surface area contributed by atoms with Crippen molar-refractivity contribution in [2.75, 3.05) is 0 Å².